The summed E-state index contributed by atoms with van der Waals surface area (Å²) in [7, 11) is 0. The Hall–Kier alpha value is -2.60. The number of benzene rings is 1. The zero-order valence-corrected chi connectivity index (χ0v) is 11.3. The zero-order valence-electron chi connectivity index (χ0n) is 10.5. The van der Waals surface area contributed by atoms with E-state index in [1.54, 1.807) is 5.38 Å². The van der Waals surface area contributed by atoms with Crippen molar-refractivity contribution in [3.8, 4) is 5.69 Å². The van der Waals surface area contributed by atoms with Gasteiger partial charge < -0.3 is 15.6 Å². The van der Waals surface area contributed by atoms with Crippen LogP contribution in [0.5, 0.6) is 0 Å². The van der Waals surface area contributed by atoms with Crippen molar-refractivity contribution >= 4 is 28.1 Å². The lowest BCUT2D eigenvalue weighted by atomic mass is 10.2. The van der Waals surface area contributed by atoms with Gasteiger partial charge in [0, 0.05) is 29.1 Å². The van der Waals surface area contributed by atoms with Crippen LogP contribution in [-0.2, 0) is 0 Å². The van der Waals surface area contributed by atoms with E-state index in [9.17, 15) is 4.79 Å². The van der Waals surface area contributed by atoms with Crippen LogP contribution in [0.25, 0.3) is 5.69 Å². The fourth-order valence-electron chi connectivity index (χ4n) is 1.84. The van der Waals surface area contributed by atoms with Crippen molar-refractivity contribution < 1.29 is 4.79 Å². The minimum atomic E-state index is -0.261. The molecule has 2 heterocycles. The number of anilines is 2. The summed E-state index contributed by atoms with van der Waals surface area (Å²) in [4.78, 5) is 16.0. The van der Waals surface area contributed by atoms with E-state index < -0.39 is 0 Å². The minimum Gasteiger partial charge on any atom is -0.375 e. The van der Waals surface area contributed by atoms with E-state index in [1.165, 1.54) is 11.3 Å². The number of thiazole rings is 1. The Morgan fingerprint density at radius 2 is 2.05 bits per heavy atom. The Kier molecular flexibility index (Phi) is 3.22. The second kappa shape index (κ2) is 5.18. The lowest BCUT2D eigenvalue weighted by Gasteiger charge is -2.07. The molecule has 0 unspecified atom stereocenters. The second-order valence-corrected chi connectivity index (χ2v) is 5.06. The molecule has 6 heteroatoms. The molecule has 0 fully saturated rings. The monoisotopic (exact) mass is 284 g/mol. The lowest BCUT2D eigenvalue weighted by Crippen LogP contribution is -2.12. The number of aromatic nitrogens is 2. The molecule has 1 amide bonds. The molecule has 0 saturated heterocycles. The summed E-state index contributed by atoms with van der Waals surface area (Å²) in [6.45, 7) is 0. The molecule has 1 aromatic carbocycles. The fourth-order valence-corrected chi connectivity index (χ4v) is 2.38. The van der Waals surface area contributed by atoms with Gasteiger partial charge in [-0.1, -0.05) is 6.07 Å². The third kappa shape index (κ3) is 2.55. The average Bonchev–Trinajstić information content (AvgIpc) is 3.10. The molecule has 3 rings (SSSR count). The van der Waals surface area contributed by atoms with E-state index in [0.717, 1.165) is 5.69 Å². The first-order valence-corrected chi connectivity index (χ1v) is 6.86. The molecule has 0 aliphatic heterocycles. The van der Waals surface area contributed by atoms with Crippen LogP contribution >= 0.6 is 11.3 Å². The first kappa shape index (κ1) is 12.4. The number of carbonyl (C=O) groups is 1. The van der Waals surface area contributed by atoms with Gasteiger partial charge >= 0.3 is 0 Å². The Balaban J connectivity index is 1.81. The SMILES string of the molecule is Nc1nc(C(=O)Nc2cccc(-n3cccc3)c2)cs1. The van der Waals surface area contributed by atoms with Crippen molar-refractivity contribution in [2.24, 2.45) is 0 Å². The van der Waals surface area contributed by atoms with Gasteiger partial charge in [-0.05, 0) is 30.3 Å². The minimum absolute atomic E-state index is 0.261. The van der Waals surface area contributed by atoms with Gasteiger partial charge in [-0.2, -0.15) is 0 Å². The van der Waals surface area contributed by atoms with Crippen LogP contribution in [0.15, 0.2) is 54.2 Å². The number of nitrogens with one attached hydrogen (secondary N) is 1. The number of amides is 1. The third-order valence-electron chi connectivity index (χ3n) is 2.76. The Bertz CT molecular complexity index is 733. The molecular formula is C14H12N4OS. The van der Waals surface area contributed by atoms with E-state index in [0.29, 0.717) is 16.5 Å². The van der Waals surface area contributed by atoms with Crippen LogP contribution < -0.4 is 11.1 Å². The third-order valence-corrected chi connectivity index (χ3v) is 3.44. The normalized spacial score (nSPS) is 10.4. The maximum absolute atomic E-state index is 12.0. The van der Waals surface area contributed by atoms with Crippen molar-refractivity contribution in [2.75, 3.05) is 11.1 Å². The molecule has 0 aliphatic carbocycles. The van der Waals surface area contributed by atoms with Gasteiger partial charge in [0.15, 0.2) is 5.13 Å². The molecule has 3 N–H and O–H groups in total. The number of carbonyl (C=O) groups excluding carboxylic acids is 1. The van der Waals surface area contributed by atoms with Gasteiger partial charge in [0.25, 0.3) is 5.91 Å². The van der Waals surface area contributed by atoms with Crippen LogP contribution in [0.3, 0.4) is 0 Å². The van der Waals surface area contributed by atoms with E-state index in [4.69, 9.17) is 5.73 Å². The van der Waals surface area contributed by atoms with E-state index in [1.807, 2.05) is 53.4 Å². The van der Waals surface area contributed by atoms with Crippen molar-refractivity contribution in [1.29, 1.82) is 0 Å². The summed E-state index contributed by atoms with van der Waals surface area (Å²) >= 11 is 1.25. The fraction of sp³-hybridized carbons (Fsp3) is 0. The van der Waals surface area contributed by atoms with Crippen LogP contribution in [-0.4, -0.2) is 15.5 Å². The highest BCUT2D eigenvalue weighted by Crippen LogP contribution is 2.17. The predicted octanol–water partition coefficient (Wildman–Crippen LogP) is 2.77. The predicted molar refractivity (Wildman–Crippen MR) is 80.2 cm³/mol. The highest BCUT2D eigenvalue weighted by molar-refractivity contribution is 7.13. The quantitative estimate of drug-likeness (QED) is 0.776. The van der Waals surface area contributed by atoms with Crippen molar-refractivity contribution in [3.05, 3.63) is 59.9 Å². The zero-order chi connectivity index (χ0) is 13.9. The summed E-state index contributed by atoms with van der Waals surface area (Å²) < 4.78 is 1.97. The number of hydrogen-bond donors (Lipinski definition) is 2. The Morgan fingerprint density at radius 3 is 2.75 bits per heavy atom. The average molecular weight is 284 g/mol. The number of nitrogens with two attached hydrogens (primary N) is 1. The number of nitrogen functional groups attached to an aromatic ring is 1. The summed E-state index contributed by atoms with van der Waals surface area (Å²) in [5.41, 5.74) is 7.55. The number of hydrogen-bond acceptors (Lipinski definition) is 4. The van der Waals surface area contributed by atoms with E-state index in [2.05, 4.69) is 10.3 Å². The van der Waals surface area contributed by atoms with Crippen LogP contribution in [0.4, 0.5) is 10.8 Å². The second-order valence-electron chi connectivity index (χ2n) is 4.17. The summed E-state index contributed by atoms with van der Waals surface area (Å²) in [5.74, 6) is -0.261. The van der Waals surface area contributed by atoms with Gasteiger partial charge in [0.2, 0.25) is 0 Å². The molecule has 0 bridgehead atoms. The van der Waals surface area contributed by atoms with Crippen LogP contribution in [0.1, 0.15) is 10.5 Å². The molecule has 100 valence electrons. The summed E-state index contributed by atoms with van der Waals surface area (Å²) in [6.07, 6.45) is 3.89. The molecule has 0 radical (unpaired) electrons. The topological polar surface area (TPSA) is 72.9 Å². The van der Waals surface area contributed by atoms with Crippen molar-refractivity contribution in [2.45, 2.75) is 0 Å². The number of nitrogens with zero attached hydrogens (tertiary/aromatic N) is 2. The van der Waals surface area contributed by atoms with Gasteiger partial charge in [0.05, 0.1) is 0 Å². The molecule has 3 aromatic rings. The number of rotatable bonds is 3. The molecule has 2 aromatic heterocycles. The van der Waals surface area contributed by atoms with Crippen LogP contribution in [0, 0.1) is 0 Å². The molecule has 0 atom stereocenters. The maximum atomic E-state index is 12.0. The van der Waals surface area contributed by atoms with Gasteiger partial charge in [-0.3, -0.25) is 4.79 Å². The standard InChI is InChI=1S/C14H12N4OS/c15-14-17-12(9-20-14)13(19)16-10-4-3-5-11(8-10)18-6-1-2-7-18/h1-9H,(H2,15,17)(H,16,19). The summed E-state index contributed by atoms with van der Waals surface area (Å²) in [6, 6.07) is 11.5. The van der Waals surface area contributed by atoms with E-state index in [-0.39, 0.29) is 5.91 Å². The first-order chi connectivity index (χ1) is 9.72. The highest BCUT2D eigenvalue weighted by atomic mass is 32.1. The largest absolute Gasteiger partial charge is 0.375 e. The van der Waals surface area contributed by atoms with Gasteiger partial charge in [-0.15, -0.1) is 11.3 Å². The van der Waals surface area contributed by atoms with E-state index >= 15 is 0 Å². The molecule has 0 spiro atoms. The Morgan fingerprint density at radius 1 is 1.25 bits per heavy atom. The molecule has 5 nitrogen and oxygen atoms in total. The molecule has 20 heavy (non-hydrogen) atoms. The van der Waals surface area contributed by atoms with Crippen LogP contribution in [0.2, 0.25) is 0 Å². The van der Waals surface area contributed by atoms with Gasteiger partial charge in [0.1, 0.15) is 5.69 Å². The first-order valence-electron chi connectivity index (χ1n) is 5.98. The summed E-state index contributed by atoms with van der Waals surface area (Å²) in [5, 5.41) is 4.83. The highest BCUT2D eigenvalue weighted by Gasteiger charge is 2.10. The lowest BCUT2D eigenvalue weighted by molar-refractivity contribution is 0.102. The van der Waals surface area contributed by atoms with Crippen molar-refractivity contribution in [1.82, 2.24) is 9.55 Å². The maximum Gasteiger partial charge on any atom is 0.275 e. The Labute approximate surface area is 119 Å². The van der Waals surface area contributed by atoms with Crippen molar-refractivity contribution in [3.63, 3.8) is 0 Å². The smallest absolute Gasteiger partial charge is 0.275 e. The molecule has 0 saturated carbocycles. The molecule has 0 aliphatic rings. The van der Waals surface area contributed by atoms with Gasteiger partial charge in [-0.25, -0.2) is 4.98 Å². The molecular weight excluding hydrogens is 272 g/mol.